The Kier molecular flexibility index (Phi) is 7.06. The van der Waals surface area contributed by atoms with Crippen LogP contribution in [-0.4, -0.2) is 42.3 Å². The van der Waals surface area contributed by atoms with Gasteiger partial charge in [-0.3, -0.25) is 9.59 Å². The number of alkyl carbamates (subject to hydrolysis) is 1. The maximum Gasteiger partial charge on any atom is 0.407 e. The van der Waals surface area contributed by atoms with Crippen molar-refractivity contribution in [2.24, 2.45) is 0 Å². The Bertz CT molecular complexity index is 882. The largest absolute Gasteiger partial charge is 0.481 e. The van der Waals surface area contributed by atoms with Crippen LogP contribution in [0.2, 0.25) is 0 Å². The van der Waals surface area contributed by atoms with Crippen molar-refractivity contribution in [2.45, 2.75) is 38.1 Å². The lowest BCUT2D eigenvalue weighted by Gasteiger charge is -2.17. The highest BCUT2D eigenvalue weighted by Crippen LogP contribution is 2.44. The molecule has 0 fully saturated rings. The standard InChI is InChI=1S/C23H26N2O5/c1-2-15(11-12-22(27)28)25-21(26)13-24-23(29)30-14-20-18-9-5-3-7-16(18)17-8-4-6-10-19(17)20/h3-10,15,20H,2,11-14H2,1H3,(H,24,29)(H,25,26)(H,27,28). The number of carboxylic acid groups (broad SMARTS) is 1. The molecule has 2 aromatic rings. The Balaban J connectivity index is 1.49. The second-order valence-corrected chi connectivity index (χ2v) is 7.28. The molecule has 3 rings (SSSR count). The number of aliphatic carboxylic acids is 1. The van der Waals surface area contributed by atoms with E-state index in [1.165, 1.54) is 0 Å². The van der Waals surface area contributed by atoms with Crippen LogP contribution >= 0.6 is 0 Å². The third-order valence-electron chi connectivity index (χ3n) is 5.30. The molecule has 2 aromatic carbocycles. The topological polar surface area (TPSA) is 105 Å². The van der Waals surface area contributed by atoms with E-state index in [0.29, 0.717) is 12.8 Å². The van der Waals surface area contributed by atoms with Gasteiger partial charge in [0.25, 0.3) is 0 Å². The summed E-state index contributed by atoms with van der Waals surface area (Å²) in [5.74, 6) is -1.32. The van der Waals surface area contributed by atoms with Gasteiger partial charge in [-0.25, -0.2) is 4.79 Å². The van der Waals surface area contributed by atoms with Gasteiger partial charge in [0, 0.05) is 18.4 Å². The zero-order valence-electron chi connectivity index (χ0n) is 16.9. The van der Waals surface area contributed by atoms with Gasteiger partial charge >= 0.3 is 12.1 Å². The zero-order chi connectivity index (χ0) is 21.5. The molecular weight excluding hydrogens is 384 g/mol. The smallest absolute Gasteiger partial charge is 0.407 e. The molecule has 3 N–H and O–H groups in total. The number of amides is 2. The second-order valence-electron chi connectivity index (χ2n) is 7.28. The van der Waals surface area contributed by atoms with Crippen molar-refractivity contribution in [1.82, 2.24) is 10.6 Å². The van der Waals surface area contributed by atoms with Crippen LogP contribution in [0, 0.1) is 0 Å². The Morgan fingerprint density at radius 2 is 1.63 bits per heavy atom. The van der Waals surface area contributed by atoms with Gasteiger partial charge in [-0.15, -0.1) is 0 Å². The Hall–Kier alpha value is -3.35. The molecule has 1 aliphatic carbocycles. The summed E-state index contributed by atoms with van der Waals surface area (Å²) in [6.45, 7) is 1.82. The molecule has 0 aliphatic heterocycles. The third-order valence-corrected chi connectivity index (χ3v) is 5.30. The summed E-state index contributed by atoms with van der Waals surface area (Å²) in [6.07, 6.45) is 0.288. The first-order valence-electron chi connectivity index (χ1n) is 10.1. The SMILES string of the molecule is CCC(CCC(=O)O)NC(=O)CNC(=O)OCC1c2ccccc2-c2ccccc21. The molecule has 158 valence electrons. The van der Waals surface area contributed by atoms with Crippen molar-refractivity contribution in [1.29, 1.82) is 0 Å². The summed E-state index contributed by atoms with van der Waals surface area (Å²) < 4.78 is 5.39. The summed E-state index contributed by atoms with van der Waals surface area (Å²) in [5.41, 5.74) is 4.53. The molecule has 30 heavy (non-hydrogen) atoms. The van der Waals surface area contributed by atoms with Gasteiger partial charge in [0.1, 0.15) is 13.2 Å². The fraction of sp³-hybridized carbons (Fsp3) is 0.348. The van der Waals surface area contributed by atoms with Gasteiger partial charge in [-0.2, -0.15) is 0 Å². The Morgan fingerprint density at radius 1 is 1.03 bits per heavy atom. The molecule has 7 nitrogen and oxygen atoms in total. The molecular formula is C23H26N2O5. The average Bonchev–Trinajstić information content (AvgIpc) is 3.07. The number of hydrogen-bond acceptors (Lipinski definition) is 4. The van der Waals surface area contributed by atoms with Crippen LogP contribution in [0.1, 0.15) is 43.2 Å². The second kappa shape index (κ2) is 9.91. The number of rotatable bonds is 9. The molecule has 0 saturated carbocycles. The molecule has 1 aliphatic rings. The summed E-state index contributed by atoms with van der Waals surface area (Å²) in [6, 6.07) is 15.9. The van der Waals surface area contributed by atoms with Crippen molar-refractivity contribution in [2.75, 3.05) is 13.2 Å². The van der Waals surface area contributed by atoms with E-state index in [0.717, 1.165) is 22.3 Å². The summed E-state index contributed by atoms with van der Waals surface area (Å²) in [5, 5.41) is 13.9. The van der Waals surface area contributed by atoms with Crippen molar-refractivity contribution in [3.05, 3.63) is 59.7 Å². The average molecular weight is 410 g/mol. The highest BCUT2D eigenvalue weighted by molar-refractivity contribution is 5.82. The van der Waals surface area contributed by atoms with E-state index in [4.69, 9.17) is 9.84 Å². The quantitative estimate of drug-likeness (QED) is 0.588. The number of benzene rings is 2. The predicted octanol–water partition coefficient (Wildman–Crippen LogP) is 3.28. The van der Waals surface area contributed by atoms with Crippen LogP contribution in [0.5, 0.6) is 0 Å². The first-order chi connectivity index (χ1) is 14.5. The minimum absolute atomic E-state index is 0.0153. The van der Waals surface area contributed by atoms with E-state index in [2.05, 4.69) is 22.8 Å². The van der Waals surface area contributed by atoms with Crippen LogP contribution in [-0.2, 0) is 14.3 Å². The minimum Gasteiger partial charge on any atom is -0.481 e. The van der Waals surface area contributed by atoms with Crippen LogP contribution in [0.4, 0.5) is 4.79 Å². The number of hydrogen-bond donors (Lipinski definition) is 3. The van der Waals surface area contributed by atoms with E-state index in [9.17, 15) is 14.4 Å². The minimum atomic E-state index is -0.903. The predicted molar refractivity (Wildman–Crippen MR) is 112 cm³/mol. The number of nitrogens with one attached hydrogen (secondary N) is 2. The molecule has 0 saturated heterocycles. The third kappa shape index (κ3) is 5.17. The van der Waals surface area contributed by atoms with Gasteiger partial charge in [0.05, 0.1) is 0 Å². The zero-order valence-corrected chi connectivity index (χ0v) is 16.9. The van der Waals surface area contributed by atoms with Gasteiger partial charge in [-0.05, 0) is 35.1 Å². The number of carbonyl (C=O) groups is 3. The lowest BCUT2D eigenvalue weighted by atomic mass is 9.98. The fourth-order valence-corrected chi connectivity index (χ4v) is 3.76. The van der Waals surface area contributed by atoms with E-state index < -0.39 is 12.1 Å². The first-order valence-corrected chi connectivity index (χ1v) is 10.1. The Labute approximate surface area is 175 Å². The molecule has 0 radical (unpaired) electrons. The van der Waals surface area contributed by atoms with E-state index in [1.54, 1.807) is 0 Å². The maximum atomic E-state index is 12.1. The van der Waals surface area contributed by atoms with E-state index >= 15 is 0 Å². The number of carbonyl (C=O) groups excluding carboxylic acids is 2. The summed E-state index contributed by atoms with van der Waals surface area (Å²) in [7, 11) is 0. The Morgan fingerprint density at radius 3 is 2.20 bits per heavy atom. The van der Waals surface area contributed by atoms with Crippen molar-refractivity contribution < 1.29 is 24.2 Å². The summed E-state index contributed by atoms with van der Waals surface area (Å²) >= 11 is 0. The van der Waals surface area contributed by atoms with Crippen molar-refractivity contribution in [3.63, 3.8) is 0 Å². The lowest BCUT2D eigenvalue weighted by molar-refractivity contribution is -0.137. The van der Waals surface area contributed by atoms with E-state index in [-0.39, 0.29) is 37.4 Å². The van der Waals surface area contributed by atoms with Gasteiger partial charge in [0.2, 0.25) is 5.91 Å². The van der Waals surface area contributed by atoms with Gasteiger partial charge < -0.3 is 20.5 Å². The number of carboxylic acids is 1. The van der Waals surface area contributed by atoms with Crippen LogP contribution < -0.4 is 10.6 Å². The molecule has 0 heterocycles. The van der Waals surface area contributed by atoms with E-state index in [1.807, 2.05) is 43.3 Å². The lowest BCUT2D eigenvalue weighted by Crippen LogP contribution is -2.42. The first kappa shape index (κ1) is 21.4. The number of fused-ring (bicyclic) bond motifs is 3. The highest BCUT2D eigenvalue weighted by atomic mass is 16.5. The fourth-order valence-electron chi connectivity index (χ4n) is 3.76. The molecule has 0 bridgehead atoms. The van der Waals surface area contributed by atoms with Crippen LogP contribution in [0.3, 0.4) is 0 Å². The summed E-state index contributed by atoms with van der Waals surface area (Å²) in [4.78, 5) is 34.8. The molecule has 2 amide bonds. The van der Waals surface area contributed by atoms with Crippen molar-refractivity contribution in [3.8, 4) is 11.1 Å². The monoisotopic (exact) mass is 410 g/mol. The number of ether oxygens (including phenoxy) is 1. The maximum absolute atomic E-state index is 12.1. The van der Waals surface area contributed by atoms with Crippen LogP contribution in [0.25, 0.3) is 11.1 Å². The van der Waals surface area contributed by atoms with Crippen LogP contribution in [0.15, 0.2) is 48.5 Å². The van der Waals surface area contributed by atoms with Gasteiger partial charge in [0.15, 0.2) is 0 Å². The molecule has 1 atom stereocenters. The van der Waals surface area contributed by atoms with Gasteiger partial charge in [-0.1, -0.05) is 55.5 Å². The molecule has 7 heteroatoms. The molecule has 0 spiro atoms. The van der Waals surface area contributed by atoms with Crippen molar-refractivity contribution >= 4 is 18.0 Å². The highest BCUT2D eigenvalue weighted by Gasteiger charge is 2.29. The molecule has 1 unspecified atom stereocenters. The normalized spacial score (nSPS) is 13.1. The molecule has 0 aromatic heterocycles.